The Morgan fingerprint density at radius 2 is 1.84 bits per heavy atom. The summed E-state index contributed by atoms with van der Waals surface area (Å²) in [5.41, 5.74) is 0.323. The predicted octanol–water partition coefficient (Wildman–Crippen LogP) is 4.34. The molecule has 2 aromatic heterocycles. The number of aromatic nitrogens is 4. The number of ether oxygens (including phenoxy) is 1. The lowest BCUT2D eigenvalue weighted by Gasteiger charge is -2.35. The third-order valence-electron chi connectivity index (χ3n) is 8.25. The van der Waals surface area contributed by atoms with Crippen LogP contribution in [-0.2, 0) is 4.74 Å². The van der Waals surface area contributed by atoms with Crippen LogP contribution in [-0.4, -0.2) is 88.6 Å². The molecule has 0 spiro atoms. The van der Waals surface area contributed by atoms with E-state index in [-0.39, 0.29) is 42.2 Å². The minimum atomic E-state index is -0.492. The van der Waals surface area contributed by atoms with Gasteiger partial charge in [-0.1, -0.05) is 19.0 Å². The van der Waals surface area contributed by atoms with E-state index in [1.165, 1.54) is 18.5 Å². The number of carbonyl (C=O) groups is 1. The number of anilines is 2. The molecule has 2 atom stereocenters. The minimum absolute atomic E-state index is 0.0496. The number of benzene rings is 1. The molecule has 13 heteroatoms. The largest absolute Gasteiger partial charge is 0.361 e. The predicted molar refractivity (Wildman–Crippen MR) is 162 cm³/mol. The Hall–Kier alpha value is -3.71. The first-order chi connectivity index (χ1) is 20.9. The van der Waals surface area contributed by atoms with Crippen LogP contribution < -0.4 is 15.1 Å². The van der Waals surface area contributed by atoms with Gasteiger partial charge in [-0.25, -0.2) is 18.7 Å². The van der Waals surface area contributed by atoms with Crippen LogP contribution in [0.3, 0.4) is 0 Å². The number of piperidine rings is 1. The molecule has 0 saturated carbocycles. The van der Waals surface area contributed by atoms with Crippen LogP contribution >= 0.6 is 0 Å². The summed E-state index contributed by atoms with van der Waals surface area (Å²) in [4.78, 5) is 32.6. The average Bonchev–Trinajstić information content (AvgIpc) is 3.66. The fourth-order valence-corrected chi connectivity index (χ4v) is 5.65. The second kappa shape index (κ2) is 13.1. The highest BCUT2D eigenvalue weighted by atomic mass is 19.1. The van der Waals surface area contributed by atoms with Crippen LogP contribution in [0.5, 0.6) is 0 Å². The van der Waals surface area contributed by atoms with Crippen molar-refractivity contribution in [1.29, 1.82) is 0 Å². The van der Waals surface area contributed by atoms with Gasteiger partial charge in [0.05, 0.1) is 17.9 Å². The Balaban J connectivity index is 1.22. The Morgan fingerprint density at radius 3 is 2.48 bits per heavy atom. The third-order valence-corrected chi connectivity index (χ3v) is 8.25. The maximum atomic E-state index is 14.8. The molecule has 1 N–H and O–H groups in total. The first kappa shape index (κ1) is 31.7. The number of amides is 1. The van der Waals surface area contributed by atoms with Crippen molar-refractivity contribution in [2.24, 2.45) is 0 Å². The van der Waals surface area contributed by atoms with Crippen molar-refractivity contribution in [2.45, 2.75) is 77.0 Å². The first-order valence-corrected chi connectivity index (χ1v) is 15.1. The quantitative estimate of drug-likeness (QED) is 0.350. The number of hydrogen-bond acceptors (Lipinski definition) is 10. The maximum absolute atomic E-state index is 14.8. The van der Waals surface area contributed by atoms with Gasteiger partial charge in [0.15, 0.2) is 5.82 Å². The zero-order chi connectivity index (χ0) is 31.6. The van der Waals surface area contributed by atoms with Gasteiger partial charge in [-0.2, -0.15) is 4.98 Å². The first-order valence-electron chi connectivity index (χ1n) is 15.1. The number of halogens is 2. The zero-order valence-electron chi connectivity index (χ0n) is 26.3. The van der Waals surface area contributed by atoms with Gasteiger partial charge in [0.2, 0.25) is 5.95 Å². The summed E-state index contributed by atoms with van der Waals surface area (Å²) >= 11 is 0. The molecule has 2 saturated heterocycles. The van der Waals surface area contributed by atoms with E-state index in [4.69, 9.17) is 9.26 Å². The van der Waals surface area contributed by atoms with Crippen LogP contribution in [0.4, 0.5) is 20.7 Å². The Labute approximate surface area is 257 Å². The second-order valence-corrected chi connectivity index (χ2v) is 12.9. The van der Waals surface area contributed by atoms with Gasteiger partial charge in [-0.05, 0) is 57.4 Å². The van der Waals surface area contributed by atoms with Crippen molar-refractivity contribution in [1.82, 2.24) is 30.3 Å². The molecule has 238 valence electrons. The molecule has 0 radical (unpaired) electrons. The molecule has 1 aromatic carbocycles. The maximum Gasteiger partial charge on any atom is 0.324 e. The van der Waals surface area contributed by atoms with E-state index in [1.807, 2.05) is 39.5 Å². The highest BCUT2D eigenvalue weighted by molar-refractivity contribution is 5.93. The molecule has 2 unspecified atom stereocenters. The van der Waals surface area contributed by atoms with Gasteiger partial charge < -0.3 is 24.0 Å². The van der Waals surface area contributed by atoms with Gasteiger partial charge >= 0.3 is 6.01 Å². The summed E-state index contributed by atoms with van der Waals surface area (Å²) in [5, 5.41) is 7.40. The summed E-state index contributed by atoms with van der Waals surface area (Å²) < 4.78 is 40.2. The summed E-state index contributed by atoms with van der Waals surface area (Å²) in [6.45, 7) is 12.4. The number of nitrogens with one attached hydrogen (secondary N) is 1. The molecule has 4 heterocycles. The molecule has 11 nitrogen and oxygen atoms in total. The summed E-state index contributed by atoms with van der Waals surface area (Å²) in [6.07, 6.45) is 4.59. The SMILES string of the molecule is CC(C)c1noc(N2CCC(N(C)C(=O)c3cnc(N4CC(NCOC(C)(C)C)C(c5cc(F)ccc5F)C4)nc3)CC2)n1. The van der Waals surface area contributed by atoms with Gasteiger partial charge in [0, 0.05) is 69.5 Å². The fraction of sp³-hybridized carbons (Fsp3) is 0.581. The van der Waals surface area contributed by atoms with Crippen LogP contribution in [0.1, 0.15) is 81.0 Å². The second-order valence-electron chi connectivity index (χ2n) is 12.9. The van der Waals surface area contributed by atoms with Gasteiger partial charge in [-0.3, -0.25) is 10.1 Å². The Kier molecular flexibility index (Phi) is 9.45. The molecule has 3 aromatic rings. The summed E-state index contributed by atoms with van der Waals surface area (Å²) in [7, 11) is 1.80. The van der Waals surface area contributed by atoms with Gasteiger partial charge in [-0.15, -0.1) is 0 Å². The average molecular weight is 613 g/mol. The lowest BCUT2D eigenvalue weighted by Crippen LogP contribution is -2.45. The number of carbonyl (C=O) groups excluding carboxylic acids is 1. The molecule has 2 aliphatic heterocycles. The van der Waals surface area contributed by atoms with Crippen molar-refractivity contribution in [3.63, 3.8) is 0 Å². The van der Waals surface area contributed by atoms with Gasteiger partial charge in [0.25, 0.3) is 5.91 Å². The van der Waals surface area contributed by atoms with E-state index >= 15 is 0 Å². The molecule has 44 heavy (non-hydrogen) atoms. The van der Waals surface area contributed by atoms with Crippen LogP contribution in [0.25, 0.3) is 0 Å². The number of nitrogens with zero attached hydrogens (tertiary/aromatic N) is 7. The zero-order valence-corrected chi connectivity index (χ0v) is 26.3. The van der Waals surface area contributed by atoms with Gasteiger partial charge in [0.1, 0.15) is 11.6 Å². The molecular weight excluding hydrogens is 570 g/mol. The fourth-order valence-electron chi connectivity index (χ4n) is 5.65. The van der Waals surface area contributed by atoms with E-state index in [2.05, 4.69) is 30.3 Å². The van der Waals surface area contributed by atoms with Crippen LogP contribution in [0.2, 0.25) is 0 Å². The van der Waals surface area contributed by atoms with Crippen LogP contribution in [0, 0.1) is 11.6 Å². The molecule has 5 rings (SSSR count). The normalized spacial score (nSPS) is 19.7. The minimum Gasteiger partial charge on any atom is -0.361 e. The monoisotopic (exact) mass is 612 g/mol. The third kappa shape index (κ3) is 7.32. The highest BCUT2D eigenvalue weighted by Gasteiger charge is 2.37. The standard InChI is InChI=1S/C31H42F2N8O3/c1-19(2)27-37-30(44-38-27)40-11-9-22(10-12-40)39(6)28(42)20-14-34-29(35-15-20)41-16-24(23-13-21(32)7-8-25(23)33)26(17-41)36-18-43-31(3,4)5/h7-8,13-15,19,22,24,26,36H,9-12,16-18H2,1-6H3. The van der Waals surface area contributed by atoms with E-state index in [9.17, 15) is 13.6 Å². The smallest absolute Gasteiger partial charge is 0.324 e. The van der Waals surface area contributed by atoms with Crippen molar-refractivity contribution in [2.75, 3.05) is 49.8 Å². The van der Waals surface area contributed by atoms with Crippen molar-refractivity contribution in [3.05, 3.63) is 59.2 Å². The molecule has 1 amide bonds. The topological polar surface area (TPSA) is 113 Å². The van der Waals surface area contributed by atoms with Crippen molar-refractivity contribution >= 4 is 17.9 Å². The Morgan fingerprint density at radius 1 is 1.14 bits per heavy atom. The summed E-state index contributed by atoms with van der Waals surface area (Å²) in [5.74, 6) is -0.180. The highest BCUT2D eigenvalue weighted by Crippen LogP contribution is 2.32. The van der Waals surface area contributed by atoms with Crippen LogP contribution in [0.15, 0.2) is 35.1 Å². The number of hydrogen-bond donors (Lipinski definition) is 1. The lowest BCUT2D eigenvalue weighted by atomic mass is 9.94. The van der Waals surface area contributed by atoms with Crippen molar-refractivity contribution in [3.8, 4) is 0 Å². The summed E-state index contributed by atoms with van der Waals surface area (Å²) in [6, 6.07) is 3.85. The molecule has 0 aliphatic carbocycles. The Bertz CT molecular complexity index is 1420. The van der Waals surface area contributed by atoms with E-state index < -0.39 is 11.6 Å². The molecule has 2 aliphatic rings. The molecular formula is C31H42F2N8O3. The number of rotatable bonds is 9. The molecule has 2 fully saturated rings. The molecule has 0 bridgehead atoms. The van der Waals surface area contributed by atoms with E-state index in [1.54, 1.807) is 11.9 Å². The van der Waals surface area contributed by atoms with E-state index in [0.717, 1.165) is 25.0 Å². The lowest BCUT2D eigenvalue weighted by molar-refractivity contribution is -0.0170. The van der Waals surface area contributed by atoms with E-state index in [0.29, 0.717) is 55.1 Å². The van der Waals surface area contributed by atoms with Crippen molar-refractivity contribution < 1.29 is 22.8 Å².